The first-order valence-corrected chi connectivity index (χ1v) is 10.2. The second-order valence-corrected chi connectivity index (χ2v) is 6.86. The van der Waals surface area contributed by atoms with E-state index in [1.807, 2.05) is 12.1 Å². The summed E-state index contributed by atoms with van der Waals surface area (Å²) >= 11 is 0. The van der Waals surface area contributed by atoms with Crippen molar-refractivity contribution in [1.29, 1.82) is 0 Å². The number of benzene rings is 1. The number of aliphatic hydroxyl groups is 1. The fourth-order valence-corrected chi connectivity index (χ4v) is 3.12. The van der Waals surface area contributed by atoms with Crippen molar-refractivity contribution in [3.8, 4) is 5.75 Å². The molecule has 0 heterocycles. The first kappa shape index (κ1) is 21.0. The van der Waals surface area contributed by atoms with Gasteiger partial charge in [-0.25, -0.2) is 0 Å². The van der Waals surface area contributed by atoms with Crippen molar-refractivity contribution in [2.45, 2.75) is 90.4 Å². The predicted octanol–water partition coefficient (Wildman–Crippen LogP) is 6.30. The Hall–Kier alpha value is -1.02. The van der Waals surface area contributed by atoms with Crippen LogP contribution in [0.3, 0.4) is 0 Å². The van der Waals surface area contributed by atoms with Crippen LogP contribution in [0.25, 0.3) is 0 Å². The molecule has 2 heteroatoms. The molecule has 0 bridgehead atoms. The zero-order chi connectivity index (χ0) is 17.3. The van der Waals surface area contributed by atoms with Crippen LogP contribution in [0.4, 0.5) is 0 Å². The predicted molar refractivity (Wildman–Crippen MR) is 104 cm³/mol. The highest BCUT2D eigenvalue weighted by molar-refractivity contribution is 5.28. The number of aryl methyl sites for hydroxylation is 1. The van der Waals surface area contributed by atoms with Gasteiger partial charge >= 0.3 is 0 Å². The quantitative estimate of drug-likeness (QED) is 0.359. The number of ether oxygens (including phenoxy) is 1. The van der Waals surface area contributed by atoms with Gasteiger partial charge in [-0.05, 0) is 30.5 Å². The Labute approximate surface area is 149 Å². The zero-order valence-corrected chi connectivity index (χ0v) is 15.8. The summed E-state index contributed by atoms with van der Waals surface area (Å²) in [5.41, 5.74) is 1.34. The fraction of sp³-hybridized carbons (Fsp3) is 0.727. The highest BCUT2D eigenvalue weighted by Gasteiger charge is 1.98. The highest BCUT2D eigenvalue weighted by atomic mass is 16.5. The third-order valence-electron chi connectivity index (χ3n) is 4.58. The normalized spacial score (nSPS) is 10.9. The van der Waals surface area contributed by atoms with Crippen LogP contribution in [-0.2, 0) is 6.42 Å². The van der Waals surface area contributed by atoms with Gasteiger partial charge in [0.25, 0.3) is 0 Å². The maximum atomic E-state index is 8.80. The van der Waals surface area contributed by atoms with Gasteiger partial charge in [-0.3, -0.25) is 0 Å². The van der Waals surface area contributed by atoms with Crippen LogP contribution in [-0.4, -0.2) is 18.3 Å². The molecule has 1 aromatic carbocycles. The van der Waals surface area contributed by atoms with Crippen LogP contribution in [0.15, 0.2) is 24.3 Å². The number of aliphatic hydroxyl groups excluding tert-OH is 1. The van der Waals surface area contributed by atoms with E-state index < -0.39 is 0 Å². The first-order valence-electron chi connectivity index (χ1n) is 10.2. The Bertz CT molecular complexity index is 389. The molecule has 0 amide bonds. The van der Waals surface area contributed by atoms with Gasteiger partial charge in [0.15, 0.2) is 0 Å². The Morgan fingerprint density at radius 1 is 0.792 bits per heavy atom. The molecule has 0 aromatic heterocycles. The lowest BCUT2D eigenvalue weighted by molar-refractivity contribution is 0.201. The van der Waals surface area contributed by atoms with Gasteiger partial charge in [0.1, 0.15) is 12.4 Å². The minimum absolute atomic E-state index is 0.0724. The lowest BCUT2D eigenvalue weighted by atomic mass is 10.0. The topological polar surface area (TPSA) is 29.5 Å². The Morgan fingerprint density at radius 3 is 1.96 bits per heavy atom. The van der Waals surface area contributed by atoms with E-state index >= 15 is 0 Å². The third-order valence-corrected chi connectivity index (χ3v) is 4.58. The zero-order valence-electron chi connectivity index (χ0n) is 15.8. The molecule has 0 spiro atoms. The monoisotopic (exact) mass is 334 g/mol. The van der Waals surface area contributed by atoms with Crippen molar-refractivity contribution < 1.29 is 9.84 Å². The molecule has 24 heavy (non-hydrogen) atoms. The van der Waals surface area contributed by atoms with E-state index in [9.17, 15) is 0 Å². The summed E-state index contributed by atoms with van der Waals surface area (Å²) in [5.74, 6) is 0.875. The lowest BCUT2D eigenvalue weighted by Crippen LogP contribution is -2.01. The van der Waals surface area contributed by atoms with Crippen molar-refractivity contribution >= 4 is 0 Å². The molecule has 1 rings (SSSR count). The lowest BCUT2D eigenvalue weighted by Gasteiger charge is -2.07. The Balaban J connectivity index is 1.93. The fourth-order valence-electron chi connectivity index (χ4n) is 3.12. The minimum Gasteiger partial charge on any atom is -0.491 e. The standard InChI is InChI=1S/C22H38O2/c1-2-3-4-5-6-7-8-9-10-11-12-13-15-21-16-14-17-22(20-21)24-19-18-23/h14,16-17,20,23H,2-13,15,18-19H2,1H3. The van der Waals surface area contributed by atoms with Gasteiger partial charge < -0.3 is 9.84 Å². The molecular weight excluding hydrogens is 296 g/mol. The molecule has 0 aliphatic heterocycles. The third kappa shape index (κ3) is 11.5. The molecule has 0 atom stereocenters. The van der Waals surface area contributed by atoms with Gasteiger partial charge in [0, 0.05) is 0 Å². The smallest absolute Gasteiger partial charge is 0.119 e. The number of hydrogen-bond donors (Lipinski definition) is 1. The SMILES string of the molecule is CCCCCCCCCCCCCCc1cccc(OCCO)c1. The molecule has 0 radical (unpaired) electrons. The molecule has 0 aliphatic carbocycles. The summed E-state index contributed by atoms with van der Waals surface area (Å²) in [4.78, 5) is 0. The maximum absolute atomic E-state index is 8.80. The minimum atomic E-state index is 0.0724. The van der Waals surface area contributed by atoms with E-state index in [0.29, 0.717) is 6.61 Å². The molecular formula is C22H38O2. The maximum Gasteiger partial charge on any atom is 0.119 e. The van der Waals surface area contributed by atoms with E-state index in [2.05, 4.69) is 19.1 Å². The summed E-state index contributed by atoms with van der Waals surface area (Å²) in [6.07, 6.45) is 17.8. The Morgan fingerprint density at radius 2 is 1.38 bits per heavy atom. The molecule has 0 unspecified atom stereocenters. The van der Waals surface area contributed by atoms with Crippen LogP contribution in [0.5, 0.6) is 5.75 Å². The van der Waals surface area contributed by atoms with Crippen molar-refractivity contribution in [3.63, 3.8) is 0 Å². The molecule has 1 aromatic rings. The average Bonchev–Trinajstić information content (AvgIpc) is 2.61. The van der Waals surface area contributed by atoms with E-state index in [-0.39, 0.29) is 6.61 Å². The van der Waals surface area contributed by atoms with Crippen LogP contribution in [0, 0.1) is 0 Å². The molecule has 0 saturated heterocycles. The second-order valence-electron chi connectivity index (χ2n) is 6.86. The first-order chi connectivity index (χ1) is 11.9. The van der Waals surface area contributed by atoms with Crippen molar-refractivity contribution in [3.05, 3.63) is 29.8 Å². The van der Waals surface area contributed by atoms with E-state index in [1.54, 1.807) is 0 Å². The van der Waals surface area contributed by atoms with Crippen LogP contribution in [0.2, 0.25) is 0 Å². The molecule has 0 aliphatic rings. The summed E-state index contributed by atoms with van der Waals surface area (Å²) in [6, 6.07) is 8.28. The Kier molecular flexibility index (Phi) is 13.6. The van der Waals surface area contributed by atoms with Crippen molar-refractivity contribution in [2.24, 2.45) is 0 Å². The second kappa shape index (κ2) is 15.5. The molecule has 0 saturated carbocycles. The van der Waals surface area contributed by atoms with Crippen LogP contribution < -0.4 is 4.74 Å². The molecule has 0 fully saturated rings. The van der Waals surface area contributed by atoms with Crippen LogP contribution in [0.1, 0.15) is 89.5 Å². The summed E-state index contributed by atoms with van der Waals surface area (Å²) in [5, 5.41) is 8.80. The summed E-state index contributed by atoms with van der Waals surface area (Å²) in [6.45, 7) is 2.73. The van der Waals surface area contributed by atoms with Crippen LogP contribution >= 0.6 is 0 Å². The number of unbranched alkanes of at least 4 members (excludes halogenated alkanes) is 11. The molecule has 2 nitrogen and oxygen atoms in total. The van der Waals surface area contributed by atoms with Gasteiger partial charge in [-0.1, -0.05) is 89.7 Å². The van der Waals surface area contributed by atoms with Crippen molar-refractivity contribution in [2.75, 3.05) is 13.2 Å². The van der Waals surface area contributed by atoms with E-state index in [1.165, 1.54) is 82.6 Å². The molecule has 138 valence electrons. The number of hydrogen-bond acceptors (Lipinski definition) is 2. The van der Waals surface area contributed by atoms with Gasteiger partial charge in [-0.2, -0.15) is 0 Å². The highest BCUT2D eigenvalue weighted by Crippen LogP contribution is 2.17. The number of rotatable bonds is 16. The average molecular weight is 335 g/mol. The molecule has 1 N–H and O–H groups in total. The van der Waals surface area contributed by atoms with E-state index in [0.717, 1.165) is 12.2 Å². The van der Waals surface area contributed by atoms with Gasteiger partial charge in [-0.15, -0.1) is 0 Å². The summed E-state index contributed by atoms with van der Waals surface area (Å²) in [7, 11) is 0. The van der Waals surface area contributed by atoms with Gasteiger partial charge in [0.2, 0.25) is 0 Å². The van der Waals surface area contributed by atoms with Gasteiger partial charge in [0.05, 0.1) is 6.61 Å². The van der Waals surface area contributed by atoms with E-state index in [4.69, 9.17) is 9.84 Å². The largest absolute Gasteiger partial charge is 0.491 e. The van der Waals surface area contributed by atoms with Crippen molar-refractivity contribution in [1.82, 2.24) is 0 Å². The summed E-state index contributed by atoms with van der Waals surface area (Å²) < 4.78 is 5.46.